The van der Waals surface area contributed by atoms with Gasteiger partial charge in [0.15, 0.2) is 0 Å². The molecular weight excluding hydrogens is 514 g/mol. The summed E-state index contributed by atoms with van der Waals surface area (Å²) in [6, 6.07) is 15.4. The summed E-state index contributed by atoms with van der Waals surface area (Å²) in [7, 11) is 1.14. The summed E-state index contributed by atoms with van der Waals surface area (Å²) >= 11 is 0. The first-order valence-electron chi connectivity index (χ1n) is 13.3. The minimum absolute atomic E-state index is 0.130. The summed E-state index contributed by atoms with van der Waals surface area (Å²) < 4.78 is 10.0. The number of ether oxygens (including phenoxy) is 2. The number of likely N-dealkylation sites (tertiary alicyclic amines) is 1. The lowest BCUT2D eigenvalue weighted by Crippen LogP contribution is -2.56. The number of esters is 1. The Labute approximate surface area is 234 Å². The highest BCUT2D eigenvalue weighted by atomic mass is 16.6. The number of Topliss-reactive ketones (excluding diaryl/α,β-unsaturated/α-hetero) is 1. The van der Waals surface area contributed by atoms with Crippen LogP contribution in [0.25, 0.3) is 0 Å². The third kappa shape index (κ3) is 8.74. The number of alkyl carbamates (subject to hydrolysis) is 1. The molecule has 3 amide bonds. The first-order valence-corrected chi connectivity index (χ1v) is 13.3. The largest absolute Gasteiger partial charge is 0.463 e. The number of imide groups is 1. The average Bonchev–Trinajstić information content (AvgIpc) is 3.40. The predicted molar refractivity (Wildman–Crippen MR) is 147 cm³/mol. The lowest BCUT2D eigenvalue weighted by atomic mass is 9.99. The first kappa shape index (κ1) is 30.5. The number of nitrogens with one attached hydrogen (secondary N) is 2. The Bertz CT molecular complexity index is 1190. The fourth-order valence-electron chi connectivity index (χ4n) is 4.68. The maximum atomic E-state index is 13.4. The zero-order chi connectivity index (χ0) is 29.3. The molecule has 1 fully saturated rings. The van der Waals surface area contributed by atoms with Crippen LogP contribution >= 0.6 is 0 Å². The Hall–Kier alpha value is -4.05. The van der Waals surface area contributed by atoms with Crippen LogP contribution in [0, 0.1) is 0 Å². The van der Waals surface area contributed by atoms with E-state index in [0.29, 0.717) is 19.4 Å². The number of amides is 3. The van der Waals surface area contributed by atoms with Crippen molar-refractivity contribution in [2.24, 2.45) is 0 Å². The van der Waals surface area contributed by atoms with Crippen LogP contribution in [0.3, 0.4) is 0 Å². The Morgan fingerprint density at radius 3 is 2.05 bits per heavy atom. The molecule has 10 heteroatoms. The van der Waals surface area contributed by atoms with Gasteiger partial charge in [0, 0.05) is 6.42 Å². The van der Waals surface area contributed by atoms with Gasteiger partial charge in [-0.25, -0.2) is 9.59 Å². The first-order chi connectivity index (χ1) is 19.0. The van der Waals surface area contributed by atoms with Crippen LogP contribution < -0.4 is 10.6 Å². The van der Waals surface area contributed by atoms with Gasteiger partial charge in [0.2, 0.25) is 11.8 Å². The third-order valence-electron chi connectivity index (χ3n) is 6.49. The molecule has 0 spiro atoms. The number of methoxy groups -OCH3 is 1. The summed E-state index contributed by atoms with van der Waals surface area (Å²) in [5, 5.41) is 4.99. The van der Waals surface area contributed by atoms with E-state index in [2.05, 4.69) is 15.4 Å². The molecule has 0 aliphatic carbocycles. The Morgan fingerprint density at radius 1 is 0.925 bits per heavy atom. The van der Waals surface area contributed by atoms with E-state index in [1.54, 1.807) is 25.7 Å². The summed E-state index contributed by atoms with van der Waals surface area (Å²) in [4.78, 5) is 66.1. The standard InChI is InChI=1S/C30H37N3O7/c1-30(2,3)40-29(38)31-22(18-20-12-7-5-8-13-20)26(35)32-27(36)23-16-11-17-33(23)24(25(34)28(37)39-4)19-21-14-9-6-10-15-21/h5-10,12-15,22-24H,11,16-19H2,1-4H3,(H,31,38)(H,32,35,36)/t22-,23-,24?/m0/s1. The average molecular weight is 552 g/mol. The van der Waals surface area contributed by atoms with Gasteiger partial charge in [0.05, 0.1) is 19.2 Å². The zero-order valence-electron chi connectivity index (χ0n) is 23.3. The van der Waals surface area contributed by atoms with Crippen molar-refractivity contribution in [1.82, 2.24) is 15.5 Å². The van der Waals surface area contributed by atoms with Crippen molar-refractivity contribution in [2.45, 2.75) is 70.2 Å². The molecule has 1 aliphatic rings. The molecule has 1 heterocycles. The molecule has 3 rings (SSSR count). The van der Waals surface area contributed by atoms with Crippen LogP contribution in [0.15, 0.2) is 60.7 Å². The van der Waals surface area contributed by atoms with Gasteiger partial charge in [-0.05, 0) is 57.7 Å². The van der Waals surface area contributed by atoms with E-state index in [1.807, 2.05) is 60.7 Å². The van der Waals surface area contributed by atoms with Crippen molar-refractivity contribution in [3.8, 4) is 0 Å². The number of hydrogen-bond acceptors (Lipinski definition) is 8. The highest BCUT2D eigenvalue weighted by Gasteiger charge is 2.41. The fourth-order valence-corrected chi connectivity index (χ4v) is 4.68. The second-order valence-corrected chi connectivity index (χ2v) is 10.7. The monoisotopic (exact) mass is 551 g/mol. The highest BCUT2D eigenvalue weighted by Crippen LogP contribution is 2.24. The molecular formula is C30H37N3O7. The lowest BCUT2D eigenvalue weighted by molar-refractivity contribution is -0.154. The molecule has 0 aromatic heterocycles. The topological polar surface area (TPSA) is 131 Å². The van der Waals surface area contributed by atoms with E-state index in [1.165, 1.54) is 0 Å². The number of carbonyl (C=O) groups is 5. The molecule has 0 saturated carbocycles. The van der Waals surface area contributed by atoms with E-state index >= 15 is 0 Å². The summed E-state index contributed by atoms with van der Waals surface area (Å²) in [5.74, 6) is -3.06. The smallest absolute Gasteiger partial charge is 0.408 e. The van der Waals surface area contributed by atoms with Crippen molar-refractivity contribution < 1.29 is 33.4 Å². The van der Waals surface area contributed by atoms with E-state index < -0.39 is 53.4 Å². The molecule has 1 unspecified atom stereocenters. The van der Waals surface area contributed by atoms with E-state index in [-0.39, 0.29) is 12.8 Å². The van der Waals surface area contributed by atoms with Crippen molar-refractivity contribution in [3.63, 3.8) is 0 Å². The minimum atomic E-state index is -1.09. The molecule has 214 valence electrons. The number of benzene rings is 2. The van der Waals surface area contributed by atoms with Crippen LogP contribution in [-0.4, -0.2) is 71.9 Å². The lowest BCUT2D eigenvalue weighted by Gasteiger charge is -2.31. The Morgan fingerprint density at radius 2 is 1.50 bits per heavy atom. The molecule has 2 N–H and O–H groups in total. The van der Waals surface area contributed by atoms with Crippen molar-refractivity contribution in [3.05, 3.63) is 71.8 Å². The van der Waals surface area contributed by atoms with Gasteiger partial charge >= 0.3 is 12.1 Å². The van der Waals surface area contributed by atoms with Gasteiger partial charge in [-0.3, -0.25) is 24.6 Å². The summed E-state index contributed by atoms with van der Waals surface area (Å²) in [6.07, 6.45) is 0.524. The van der Waals surface area contributed by atoms with Gasteiger partial charge in [0.25, 0.3) is 5.78 Å². The van der Waals surface area contributed by atoms with Crippen LogP contribution in [0.2, 0.25) is 0 Å². The van der Waals surface area contributed by atoms with Gasteiger partial charge < -0.3 is 14.8 Å². The zero-order valence-corrected chi connectivity index (χ0v) is 23.3. The Kier molecular flexibility index (Phi) is 10.6. The molecule has 0 bridgehead atoms. The van der Waals surface area contributed by atoms with Gasteiger partial charge in [0.1, 0.15) is 11.6 Å². The summed E-state index contributed by atoms with van der Waals surface area (Å²) in [5.41, 5.74) is 0.814. The molecule has 40 heavy (non-hydrogen) atoms. The van der Waals surface area contributed by atoms with E-state index in [9.17, 15) is 24.0 Å². The number of ketones is 1. The second kappa shape index (κ2) is 13.8. The molecule has 3 atom stereocenters. The molecule has 1 saturated heterocycles. The number of carbonyl (C=O) groups excluding carboxylic acids is 5. The van der Waals surface area contributed by atoms with Crippen molar-refractivity contribution >= 4 is 29.7 Å². The highest BCUT2D eigenvalue weighted by molar-refractivity contribution is 6.35. The van der Waals surface area contributed by atoms with E-state index in [0.717, 1.165) is 18.2 Å². The fraction of sp³-hybridized carbons (Fsp3) is 0.433. The van der Waals surface area contributed by atoms with E-state index in [4.69, 9.17) is 4.74 Å². The molecule has 1 aliphatic heterocycles. The summed E-state index contributed by atoms with van der Waals surface area (Å²) in [6.45, 7) is 5.51. The minimum Gasteiger partial charge on any atom is -0.463 e. The second-order valence-electron chi connectivity index (χ2n) is 10.7. The van der Waals surface area contributed by atoms with Crippen LogP contribution in [0.5, 0.6) is 0 Å². The number of hydrogen-bond donors (Lipinski definition) is 2. The molecule has 2 aromatic carbocycles. The maximum absolute atomic E-state index is 13.4. The Balaban J connectivity index is 1.78. The van der Waals surface area contributed by atoms with Crippen LogP contribution in [-0.2, 0) is 41.5 Å². The molecule has 10 nitrogen and oxygen atoms in total. The predicted octanol–water partition coefficient (Wildman–Crippen LogP) is 2.58. The number of rotatable bonds is 10. The van der Waals surface area contributed by atoms with Crippen LogP contribution in [0.4, 0.5) is 4.79 Å². The molecule has 0 radical (unpaired) electrons. The quantitative estimate of drug-likeness (QED) is 0.340. The van der Waals surface area contributed by atoms with Gasteiger partial charge in [-0.2, -0.15) is 0 Å². The normalized spacial score (nSPS) is 16.9. The van der Waals surface area contributed by atoms with Crippen molar-refractivity contribution in [2.75, 3.05) is 13.7 Å². The maximum Gasteiger partial charge on any atom is 0.408 e. The SMILES string of the molecule is COC(=O)C(=O)C(Cc1ccccc1)N1CCC[C@H]1C(=O)NC(=O)[C@H](Cc1ccccc1)NC(=O)OC(C)(C)C. The van der Waals surface area contributed by atoms with Crippen LogP contribution in [0.1, 0.15) is 44.7 Å². The third-order valence-corrected chi connectivity index (χ3v) is 6.49. The molecule has 2 aromatic rings. The van der Waals surface area contributed by atoms with Gasteiger partial charge in [-0.1, -0.05) is 60.7 Å². The number of nitrogens with zero attached hydrogens (tertiary/aromatic N) is 1. The van der Waals surface area contributed by atoms with Gasteiger partial charge in [-0.15, -0.1) is 0 Å². The van der Waals surface area contributed by atoms with Crippen molar-refractivity contribution in [1.29, 1.82) is 0 Å².